The Morgan fingerprint density at radius 1 is 1.38 bits per heavy atom. The molecule has 0 saturated carbocycles. The highest BCUT2D eigenvalue weighted by atomic mass is 16.1. The Kier molecular flexibility index (Phi) is 4.99. The predicted octanol–water partition coefficient (Wildman–Crippen LogP) is 1.90. The van der Waals surface area contributed by atoms with E-state index in [4.69, 9.17) is 11.5 Å². The Bertz CT molecular complexity index is 350. The number of carbonyl (C=O) groups is 1. The maximum Gasteiger partial charge on any atom is 0.238 e. The molecule has 0 aromatic heterocycles. The second-order valence-corrected chi connectivity index (χ2v) is 4.08. The summed E-state index contributed by atoms with van der Waals surface area (Å²) in [6.07, 6.45) is 4.64. The molecule has 88 valence electrons. The molecular weight excluding hydrogens is 200 g/mol. The van der Waals surface area contributed by atoms with E-state index >= 15 is 0 Å². The molecule has 0 saturated heterocycles. The molecule has 3 nitrogen and oxygen atoms in total. The quantitative estimate of drug-likeness (QED) is 0.719. The van der Waals surface area contributed by atoms with Crippen molar-refractivity contribution in [3.8, 4) is 0 Å². The molecule has 1 aromatic rings. The molecule has 0 aliphatic heterocycles. The molecule has 0 aliphatic rings. The van der Waals surface area contributed by atoms with Crippen molar-refractivity contribution in [1.29, 1.82) is 0 Å². The Balaban J connectivity index is 2.67. The first kappa shape index (κ1) is 12.7. The highest BCUT2D eigenvalue weighted by Crippen LogP contribution is 2.14. The van der Waals surface area contributed by atoms with E-state index in [1.54, 1.807) is 0 Å². The smallest absolute Gasteiger partial charge is 0.238 e. The van der Waals surface area contributed by atoms with E-state index in [1.807, 2.05) is 18.2 Å². The number of primary amides is 1. The number of aryl methyl sites for hydroxylation is 1. The number of hydrogen-bond donors (Lipinski definition) is 2. The molecular formula is C13H20N2O. The van der Waals surface area contributed by atoms with E-state index in [2.05, 4.69) is 13.0 Å². The first-order valence-corrected chi connectivity index (χ1v) is 5.79. The van der Waals surface area contributed by atoms with E-state index in [0.29, 0.717) is 0 Å². The number of nitrogens with two attached hydrogens (primary N) is 2. The SMILES string of the molecule is CCCCCc1cccc([C@H](N)C(N)=O)c1. The highest BCUT2D eigenvalue weighted by molar-refractivity contribution is 5.81. The van der Waals surface area contributed by atoms with Crippen molar-refractivity contribution in [3.63, 3.8) is 0 Å². The van der Waals surface area contributed by atoms with Crippen molar-refractivity contribution in [2.75, 3.05) is 0 Å². The van der Waals surface area contributed by atoms with E-state index in [9.17, 15) is 4.79 Å². The lowest BCUT2D eigenvalue weighted by molar-refractivity contribution is -0.119. The molecule has 0 unspecified atom stereocenters. The largest absolute Gasteiger partial charge is 0.368 e. The van der Waals surface area contributed by atoms with Crippen LogP contribution in [0.15, 0.2) is 24.3 Å². The van der Waals surface area contributed by atoms with Gasteiger partial charge >= 0.3 is 0 Å². The summed E-state index contributed by atoms with van der Waals surface area (Å²) in [5, 5.41) is 0. The molecule has 0 heterocycles. The molecule has 0 spiro atoms. The van der Waals surface area contributed by atoms with Gasteiger partial charge in [-0.15, -0.1) is 0 Å². The summed E-state index contributed by atoms with van der Waals surface area (Å²) in [6.45, 7) is 2.18. The summed E-state index contributed by atoms with van der Waals surface area (Å²) in [6, 6.07) is 7.13. The summed E-state index contributed by atoms with van der Waals surface area (Å²) in [7, 11) is 0. The van der Waals surface area contributed by atoms with Crippen molar-refractivity contribution in [3.05, 3.63) is 35.4 Å². The minimum absolute atomic E-state index is 0.481. The van der Waals surface area contributed by atoms with Crippen LogP contribution in [-0.2, 0) is 11.2 Å². The number of benzene rings is 1. The topological polar surface area (TPSA) is 69.1 Å². The van der Waals surface area contributed by atoms with Gasteiger partial charge in [0.05, 0.1) is 0 Å². The van der Waals surface area contributed by atoms with Gasteiger partial charge in [0.1, 0.15) is 6.04 Å². The van der Waals surface area contributed by atoms with Crippen LogP contribution in [0, 0.1) is 0 Å². The summed E-state index contributed by atoms with van der Waals surface area (Å²) in [5.74, 6) is -0.481. The number of carbonyl (C=O) groups excluding carboxylic acids is 1. The Labute approximate surface area is 96.8 Å². The van der Waals surface area contributed by atoms with Gasteiger partial charge in [0.2, 0.25) is 5.91 Å². The summed E-state index contributed by atoms with van der Waals surface area (Å²) in [4.78, 5) is 11.0. The van der Waals surface area contributed by atoms with Crippen LogP contribution in [0.4, 0.5) is 0 Å². The molecule has 4 N–H and O–H groups in total. The number of hydrogen-bond acceptors (Lipinski definition) is 2. The highest BCUT2D eigenvalue weighted by Gasteiger charge is 2.11. The normalized spacial score (nSPS) is 12.4. The van der Waals surface area contributed by atoms with Gasteiger partial charge in [0.15, 0.2) is 0 Å². The minimum Gasteiger partial charge on any atom is -0.368 e. The molecule has 0 aliphatic carbocycles. The van der Waals surface area contributed by atoms with Gasteiger partial charge in [-0.25, -0.2) is 0 Å². The van der Waals surface area contributed by atoms with Crippen LogP contribution >= 0.6 is 0 Å². The van der Waals surface area contributed by atoms with Crippen molar-refractivity contribution in [1.82, 2.24) is 0 Å². The zero-order valence-electron chi connectivity index (χ0n) is 9.78. The average molecular weight is 220 g/mol. The molecule has 1 aromatic carbocycles. The molecule has 0 radical (unpaired) electrons. The lowest BCUT2D eigenvalue weighted by atomic mass is 10.0. The molecule has 16 heavy (non-hydrogen) atoms. The van der Waals surface area contributed by atoms with Crippen molar-refractivity contribution in [2.24, 2.45) is 11.5 Å². The average Bonchev–Trinajstić information content (AvgIpc) is 2.29. The summed E-state index contributed by atoms with van der Waals surface area (Å²) in [5.41, 5.74) is 12.9. The first-order chi connectivity index (χ1) is 7.65. The predicted molar refractivity (Wildman–Crippen MR) is 65.8 cm³/mol. The van der Waals surface area contributed by atoms with Crippen LogP contribution in [0.5, 0.6) is 0 Å². The van der Waals surface area contributed by atoms with E-state index in [-0.39, 0.29) is 0 Å². The van der Waals surface area contributed by atoms with Crippen LogP contribution in [0.25, 0.3) is 0 Å². The maximum absolute atomic E-state index is 11.0. The fraction of sp³-hybridized carbons (Fsp3) is 0.462. The molecule has 1 amide bonds. The Morgan fingerprint density at radius 2 is 2.12 bits per heavy atom. The van der Waals surface area contributed by atoms with Gasteiger partial charge in [-0.05, 0) is 24.0 Å². The van der Waals surface area contributed by atoms with Crippen molar-refractivity contribution < 1.29 is 4.79 Å². The Hall–Kier alpha value is -1.35. The van der Waals surface area contributed by atoms with Crippen LogP contribution in [-0.4, -0.2) is 5.91 Å². The van der Waals surface area contributed by atoms with Crippen LogP contribution in [0.2, 0.25) is 0 Å². The lowest BCUT2D eigenvalue weighted by Crippen LogP contribution is -2.28. The monoisotopic (exact) mass is 220 g/mol. The molecule has 0 bridgehead atoms. The lowest BCUT2D eigenvalue weighted by Gasteiger charge is -2.09. The Morgan fingerprint density at radius 3 is 2.75 bits per heavy atom. The van der Waals surface area contributed by atoms with Gasteiger partial charge in [-0.3, -0.25) is 4.79 Å². The summed E-state index contributed by atoms with van der Waals surface area (Å²) >= 11 is 0. The maximum atomic E-state index is 11.0. The fourth-order valence-corrected chi connectivity index (χ4v) is 1.69. The van der Waals surface area contributed by atoms with Gasteiger partial charge in [-0.2, -0.15) is 0 Å². The standard InChI is InChI=1S/C13H20N2O/c1-2-3-4-6-10-7-5-8-11(9-10)12(14)13(15)16/h5,7-9,12H,2-4,6,14H2,1H3,(H2,15,16)/t12-/m0/s1. The molecule has 0 fully saturated rings. The third-order valence-corrected chi connectivity index (χ3v) is 2.69. The molecule has 1 rings (SSSR count). The van der Waals surface area contributed by atoms with Crippen LogP contribution in [0.1, 0.15) is 43.4 Å². The fourth-order valence-electron chi connectivity index (χ4n) is 1.69. The van der Waals surface area contributed by atoms with Crippen LogP contribution < -0.4 is 11.5 Å². The van der Waals surface area contributed by atoms with Gasteiger partial charge in [0, 0.05) is 0 Å². The van der Waals surface area contributed by atoms with Gasteiger partial charge < -0.3 is 11.5 Å². The second kappa shape index (κ2) is 6.28. The number of amides is 1. The van der Waals surface area contributed by atoms with E-state index in [1.165, 1.54) is 24.8 Å². The minimum atomic E-state index is -0.689. The third-order valence-electron chi connectivity index (χ3n) is 2.69. The van der Waals surface area contributed by atoms with Crippen LogP contribution in [0.3, 0.4) is 0 Å². The second-order valence-electron chi connectivity index (χ2n) is 4.08. The van der Waals surface area contributed by atoms with Gasteiger partial charge in [-0.1, -0.05) is 44.0 Å². The van der Waals surface area contributed by atoms with E-state index < -0.39 is 11.9 Å². The van der Waals surface area contributed by atoms with Gasteiger partial charge in [0.25, 0.3) is 0 Å². The van der Waals surface area contributed by atoms with Crippen molar-refractivity contribution >= 4 is 5.91 Å². The summed E-state index contributed by atoms with van der Waals surface area (Å²) < 4.78 is 0. The number of unbranched alkanes of at least 4 members (excludes halogenated alkanes) is 2. The van der Waals surface area contributed by atoms with E-state index in [0.717, 1.165) is 12.0 Å². The zero-order valence-corrected chi connectivity index (χ0v) is 9.78. The third kappa shape index (κ3) is 3.66. The molecule has 1 atom stereocenters. The zero-order chi connectivity index (χ0) is 12.0. The number of rotatable bonds is 6. The molecule has 3 heteroatoms. The first-order valence-electron chi connectivity index (χ1n) is 5.79. The van der Waals surface area contributed by atoms with Crippen molar-refractivity contribution in [2.45, 2.75) is 38.6 Å².